The van der Waals surface area contributed by atoms with Crippen molar-refractivity contribution in [3.05, 3.63) is 77.9 Å². The Balaban J connectivity index is 1.76. The fraction of sp³-hybridized carbons (Fsp3) is 0.0556. The van der Waals surface area contributed by atoms with Gasteiger partial charge in [0.05, 0.1) is 0 Å². The van der Waals surface area contributed by atoms with Gasteiger partial charge in [0.2, 0.25) is 5.95 Å². The third-order valence-corrected chi connectivity index (χ3v) is 3.24. The standard InChI is InChI=1S/C18H15FN4O/c1-12-4-2-6-14(10-12)22-18-20-9-8-16(23-18)17(24)21-15-7-3-5-13(19)11-15/h2-11H,1H3,(H,21,24)(H,20,22,23). The number of carbonyl (C=O) groups is 1. The maximum atomic E-state index is 13.2. The molecule has 2 N–H and O–H groups in total. The maximum absolute atomic E-state index is 13.2. The number of nitrogens with zero attached hydrogens (tertiary/aromatic N) is 2. The fourth-order valence-electron chi connectivity index (χ4n) is 2.16. The van der Waals surface area contributed by atoms with E-state index in [1.807, 2.05) is 31.2 Å². The zero-order valence-electron chi connectivity index (χ0n) is 13.0. The summed E-state index contributed by atoms with van der Waals surface area (Å²) in [7, 11) is 0. The summed E-state index contributed by atoms with van der Waals surface area (Å²) >= 11 is 0. The number of aryl methyl sites for hydroxylation is 1. The minimum Gasteiger partial charge on any atom is -0.324 e. The van der Waals surface area contributed by atoms with Gasteiger partial charge in [-0.2, -0.15) is 0 Å². The molecule has 0 saturated carbocycles. The molecule has 0 aliphatic rings. The number of rotatable bonds is 4. The number of nitrogens with one attached hydrogen (secondary N) is 2. The Labute approximate surface area is 138 Å². The quantitative estimate of drug-likeness (QED) is 0.764. The van der Waals surface area contributed by atoms with Crippen molar-refractivity contribution in [1.82, 2.24) is 9.97 Å². The molecule has 0 bridgehead atoms. The largest absolute Gasteiger partial charge is 0.324 e. The average molecular weight is 322 g/mol. The Morgan fingerprint density at radius 1 is 1.04 bits per heavy atom. The summed E-state index contributed by atoms with van der Waals surface area (Å²) in [5.41, 5.74) is 2.48. The molecule has 0 fully saturated rings. The molecule has 2 aromatic carbocycles. The van der Waals surface area contributed by atoms with Gasteiger partial charge in [0.25, 0.3) is 5.91 Å². The van der Waals surface area contributed by atoms with Crippen LogP contribution in [0.3, 0.4) is 0 Å². The van der Waals surface area contributed by atoms with E-state index in [4.69, 9.17) is 0 Å². The van der Waals surface area contributed by atoms with E-state index in [0.717, 1.165) is 11.3 Å². The van der Waals surface area contributed by atoms with Crippen LogP contribution in [-0.2, 0) is 0 Å². The smallest absolute Gasteiger partial charge is 0.274 e. The molecule has 3 aromatic rings. The zero-order valence-corrected chi connectivity index (χ0v) is 13.0. The Morgan fingerprint density at radius 3 is 2.62 bits per heavy atom. The van der Waals surface area contributed by atoms with Crippen LogP contribution in [0.5, 0.6) is 0 Å². The number of hydrogen-bond donors (Lipinski definition) is 2. The molecule has 0 saturated heterocycles. The summed E-state index contributed by atoms with van der Waals surface area (Å²) in [6.45, 7) is 1.98. The molecule has 1 amide bonds. The molecule has 3 rings (SSSR count). The van der Waals surface area contributed by atoms with Crippen LogP contribution in [-0.4, -0.2) is 15.9 Å². The molecule has 24 heavy (non-hydrogen) atoms. The lowest BCUT2D eigenvalue weighted by molar-refractivity contribution is 0.102. The number of carbonyl (C=O) groups excluding carboxylic acids is 1. The van der Waals surface area contributed by atoms with Gasteiger partial charge >= 0.3 is 0 Å². The second kappa shape index (κ2) is 6.87. The first-order chi connectivity index (χ1) is 11.6. The van der Waals surface area contributed by atoms with E-state index in [1.165, 1.54) is 30.5 Å². The lowest BCUT2D eigenvalue weighted by atomic mass is 10.2. The van der Waals surface area contributed by atoms with Crippen molar-refractivity contribution < 1.29 is 9.18 Å². The molecular weight excluding hydrogens is 307 g/mol. The lowest BCUT2D eigenvalue weighted by Gasteiger charge is -2.08. The van der Waals surface area contributed by atoms with Crippen molar-refractivity contribution in [1.29, 1.82) is 0 Å². The monoisotopic (exact) mass is 322 g/mol. The van der Waals surface area contributed by atoms with Crippen molar-refractivity contribution in [3.8, 4) is 0 Å². The predicted octanol–water partition coefficient (Wildman–Crippen LogP) is 3.92. The molecule has 0 atom stereocenters. The summed E-state index contributed by atoms with van der Waals surface area (Å²) in [5, 5.41) is 5.65. The van der Waals surface area contributed by atoms with Crippen LogP contribution in [0.2, 0.25) is 0 Å². The van der Waals surface area contributed by atoms with E-state index < -0.39 is 11.7 Å². The van der Waals surface area contributed by atoms with Crippen molar-refractivity contribution in [2.24, 2.45) is 0 Å². The summed E-state index contributed by atoms with van der Waals surface area (Å²) in [6.07, 6.45) is 1.49. The fourth-order valence-corrected chi connectivity index (χ4v) is 2.16. The van der Waals surface area contributed by atoms with E-state index in [-0.39, 0.29) is 5.69 Å². The van der Waals surface area contributed by atoms with Gasteiger partial charge in [-0.15, -0.1) is 0 Å². The van der Waals surface area contributed by atoms with Gasteiger partial charge < -0.3 is 10.6 Å². The van der Waals surface area contributed by atoms with Crippen molar-refractivity contribution in [3.63, 3.8) is 0 Å². The SMILES string of the molecule is Cc1cccc(Nc2nccc(C(=O)Nc3cccc(F)c3)n2)c1. The van der Waals surface area contributed by atoms with Gasteiger partial charge in [-0.1, -0.05) is 18.2 Å². The Kier molecular flexibility index (Phi) is 4.47. The third kappa shape index (κ3) is 3.92. The van der Waals surface area contributed by atoms with E-state index in [9.17, 15) is 9.18 Å². The van der Waals surface area contributed by atoms with Gasteiger partial charge in [0.1, 0.15) is 11.5 Å². The van der Waals surface area contributed by atoms with Crippen LogP contribution < -0.4 is 10.6 Å². The van der Waals surface area contributed by atoms with Gasteiger partial charge in [0.15, 0.2) is 0 Å². The summed E-state index contributed by atoms with van der Waals surface area (Å²) < 4.78 is 13.2. The predicted molar refractivity (Wildman–Crippen MR) is 90.8 cm³/mol. The first kappa shape index (κ1) is 15.6. The van der Waals surface area contributed by atoms with Crippen LogP contribution >= 0.6 is 0 Å². The van der Waals surface area contributed by atoms with Gasteiger partial charge in [0, 0.05) is 17.6 Å². The molecule has 6 heteroatoms. The topological polar surface area (TPSA) is 66.9 Å². The first-order valence-electron chi connectivity index (χ1n) is 7.34. The van der Waals surface area contributed by atoms with Gasteiger partial charge in [-0.3, -0.25) is 4.79 Å². The number of aromatic nitrogens is 2. The average Bonchev–Trinajstić information content (AvgIpc) is 2.55. The minimum absolute atomic E-state index is 0.185. The van der Waals surface area contributed by atoms with Crippen molar-refractivity contribution in [2.75, 3.05) is 10.6 Å². The second-order valence-electron chi connectivity index (χ2n) is 5.22. The molecule has 0 aliphatic heterocycles. The number of hydrogen-bond acceptors (Lipinski definition) is 4. The van der Waals surface area contributed by atoms with E-state index in [2.05, 4.69) is 20.6 Å². The Hall–Kier alpha value is -3.28. The summed E-state index contributed by atoms with van der Waals surface area (Å²) in [5.74, 6) is -0.542. The molecule has 0 radical (unpaired) electrons. The molecule has 0 unspecified atom stereocenters. The van der Waals surface area contributed by atoms with Crippen LogP contribution in [0, 0.1) is 12.7 Å². The summed E-state index contributed by atoms with van der Waals surface area (Å²) in [4.78, 5) is 20.5. The first-order valence-corrected chi connectivity index (χ1v) is 7.34. The van der Waals surface area contributed by atoms with Crippen molar-refractivity contribution >= 4 is 23.2 Å². The summed E-state index contributed by atoms with van der Waals surface area (Å²) in [6, 6.07) is 14.9. The number of anilines is 3. The van der Waals surface area contributed by atoms with Crippen LogP contribution in [0.4, 0.5) is 21.7 Å². The molecule has 120 valence electrons. The molecule has 0 aliphatic carbocycles. The highest BCUT2D eigenvalue weighted by atomic mass is 19.1. The van der Waals surface area contributed by atoms with E-state index in [0.29, 0.717) is 11.6 Å². The van der Waals surface area contributed by atoms with E-state index in [1.54, 1.807) is 6.07 Å². The van der Waals surface area contributed by atoms with E-state index >= 15 is 0 Å². The molecular formula is C18H15FN4O. The highest BCUT2D eigenvalue weighted by Gasteiger charge is 2.10. The zero-order chi connectivity index (χ0) is 16.9. The second-order valence-corrected chi connectivity index (χ2v) is 5.22. The van der Waals surface area contributed by atoms with Gasteiger partial charge in [-0.25, -0.2) is 14.4 Å². The molecule has 5 nitrogen and oxygen atoms in total. The minimum atomic E-state index is -0.435. The maximum Gasteiger partial charge on any atom is 0.274 e. The highest BCUT2D eigenvalue weighted by Crippen LogP contribution is 2.15. The van der Waals surface area contributed by atoms with Crippen LogP contribution in [0.1, 0.15) is 16.1 Å². The Bertz CT molecular complexity index is 882. The third-order valence-electron chi connectivity index (χ3n) is 3.24. The number of amides is 1. The Morgan fingerprint density at radius 2 is 1.83 bits per heavy atom. The molecule has 0 spiro atoms. The van der Waals surface area contributed by atoms with Gasteiger partial charge in [-0.05, 0) is 48.9 Å². The number of halogens is 1. The number of benzene rings is 2. The molecule has 1 heterocycles. The highest BCUT2D eigenvalue weighted by molar-refractivity contribution is 6.02. The van der Waals surface area contributed by atoms with Crippen molar-refractivity contribution in [2.45, 2.75) is 6.92 Å². The van der Waals surface area contributed by atoms with Crippen LogP contribution in [0.25, 0.3) is 0 Å². The van der Waals surface area contributed by atoms with Crippen LogP contribution in [0.15, 0.2) is 60.8 Å². The molecule has 1 aromatic heterocycles. The normalized spacial score (nSPS) is 10.2. The lowest BCUT2D eigenvalue weighted by Crippen LogP contribution is -2.14.